The molecule has 82 valence electrons. The zero-order valence-corrected chi connectivity index (χ0v) is 9.65. The van der Waals surface area contributed by atoms with Gasteiger partial charge in [0.25, 0.3) is 0 Å². The zero-order valence-electron chi connectivity index (χ0n) is 8.06. The molecule has 1 nitrogen and oxygen atoms in total. The molecule has 1 N–H and O–H groups in total. The molecular formula is C11H11BrF2O. The fraction of sp³-hybridized carbons (Fsp3) is 0.455. The van der Waals surface area contributed by atoms with Gasteiger partial charge in [-0.3, -0.25) is 0 Å². The van der Waals surface area contributed by atoms with Gasteiger partial charge >= 0.3 is 0 Å². The highest BCUT2D eigenvalue weighted by molar-refractivity contribution is 9.10. The first kappa shape index (κ1) is 11.0. The minimum Gasteiger partial charge on any atom is -0.388 e. The molecule has 1 aromatic rings. The van der Waals surface area contributed by atoms with E-state index < -0.39 is 17.7 Å². The lowest BCUT2D eigenvalue weighted by molar-refractivity contribution is 0.161. The van der Waals surface area contributed by atoms with Crippen molar-refractivity contribution >= 4 is 15.9 Å². The van der Waals surface area contributed by atoms with Crippen molar-refractivity contribution in [2.75, 3.05) is 0 Å². The standard InChI is InChI=1S/C11H11BrF2O/c12-7-5-8(13)6-3-1-2-4-9(15)10(6)11(7)14/h5,9,15H,1-4H2. The van der Waals surface area contributed by atoms with Crippen molar-refractivity contribution in [3.8, 4) is 0 Å². The van der Waals surface area contributed by atoms with Gasteiger partial charge in [-0.2, -0.15) is 0 Å². The molecular weight excluding hydrogens is 266 g/mol. The SMILES string of the molecule is OC1CCCCc2c(F)cc(Br)c(F)c21. The van der Waals surface area contributed by atoms with Crippen LogP contribution in [-0.2, 0) is 6.42 Å². The lowest BCUT2D eigenvalue weighted by Gasteiger charge is -2.14. The third kappa shape index (κ3) is 1.93. The summed E-state index contributed by atoms with van der Waals surface area (Å²) < 4.78 is 27.4. The molecule has 0 saturated carbocycles. The summed E-state index contributed by atoms with van der Waals surface area (Å²) in [6, 6.07) is 1.13. The fourth-order valence-corrected chi connectivity index (χ4v) is 2.45. The number of hydrogen-bond donors (Lipinski definition) is 1. The van der Waals surface area contributed by atoms with Gasteiger partial charge in [0.1, 0.15) is 11.6 Å². The van der Waals surface area contributed by atoms with E-state index in [-0.39, 0.29) is 10.0 Å². The summed E-state index contributed by atoms with van der Waals surface area (Å²) in [6.45, 7) is 0. The van der Waals surface area contributed by atoms with E-state index in [4.69, 9.17) is 0 Å². The minimum atomic E-state index is -0.880. The van der Waals surface area contributed by atoms with Crippen molar-refractivity contribution in [2.24, 2.45) is 0 Å². The van der Waals surface area contributed by atoms with Crippen molar-refractivity contribution in [1.82, 2.24) is 0 Å². The Labute approximate surface area is 95.2 Å². The van der Waals surface area contributed by atoms with Crippen LogP contribution in [0.15, 0.2) is 10.5 Å². The Morgan fingerprint density at radius 3 is 2.80 bits per heavy atom. The molecule has 1 aromatic carbocycles. The van der Waals surface area contributed by atoms with Crippen molar-refractivity contribution in [3.05, 3.63) is 33.3 Å². The van der Waals surface area contributed by atoms with E-state index in [9.17, 15) is 13.9 Å². The molecule has 0 aliphatic heterocycles. The van der Waals surface area contributed by atoms with Crippen molar-refractivity contribution in [3.63, 3.8) is 0 Å². The molecule has 2 rings (SSSR count). The van der Waals surface area contributed by atoms with E-state index in [2.05, 4.69) is 15.9 Å². The molecule has 0 amide bonds. The van der Waals surface area contributed by atoms with E-state index in [1.165, 1.54) is 0 Å². The van der Waals surface area contributed by atoms with Crippen LogP contribution in [0.2, 0.25) is 0 Å². The van der Waals surface area contributed by atoms with E-state index in [0.29, 0.717) is 18.4 Å². The van der Waals surface area contributed by atoms with Gasteiger partial charge in [0.15, 0.2) is 0 Å². The van der Waals surface area contributed by atoms with E-state index in [1.807, 2.05) is 0 Å². The molecule has 0 spiro atoms. The van der Waals surface area contributed by atoms with Crippen molar-refractivity contribution in [2.45, 2.75) is 31.8 Å². The van der Waals surface area contributed by atoms with E-state index in [0.717, 1.165) is 18.9 Å². The molecule has 0 aromatic heterocycles. The summed E-state index contributed by atoms with van der Waals surface area (Å²) in [4.78, 5) is 0. The molecule has 0 heterocycles. The zero-order chi connectivity index (χ0) is 11.0. The lowest BCUT2D eigenvalue weighted by atomic mass is 10.00. The second-order valence-corrected chi connectivity index (χ2v) is 4.66. The monoisotopic (exact) mass is 276 g/mol. The second kappa shape index (κ2) is 4.18. The topological polar surface area (TPSA) is 20.2 Å². The number of halogens is 3. The maximum atomic E-state index is 13.7. The van der Waals surface area contributed by atoms with E-state index >= 15 is 0 Å². The number of rotatable bonds is 0. The highest BCUT2D eigenvalue weighted by atomic mass is 79.9. The average molecular weight is 277 g/mol. The summed E-state index contributed by atoms with van der Waals surface area (Å²) in [6.07, 6.45) is 1.71. The van der Waals surface area contributed by atoms with Crippen LogP contribution in [0.1, 0.15) is 36.5 Å². The third-order valence-corrected chi connectivity index (χ3v) is 3.38. The number of aliphatic hydroxyl groups excluding tert-OH is 1. The summed E-state index contributed by atoms with van der Waals surface area (Å²) in [5, 5.41) is 9.74. The molecule has 0 radical (unpaired) electrons. The van der Waals surface area contributed by atoms with Gasteiger partial charge < -0.3 is 5.11 Å². The van der Waals surface area contributed by atoms with Crippen LogP contribution in [0.3, 0.4) is 0 Å². The van der Waals surface area contributed by atoms with Gasteiger partial charge in [0, 0.05) is 5.56 Å². The molecule has 1 aliphatic carbocycles. The van der Waals surface area contributed by atoms with Gasteiger partial charge in [-0.1, -0.05) is 6.42 Å². The van der Waals surface area contributed by atoms with Crippen molar-refractivity contribution in [1.29, 1.82) is 0 Å². The Bertz CT molecular complexity index is 393. The van der Waals surface area contributed by atoms with Gasteiger partial charge in [0.05, 0.1) is 10.6 Å². The average Bonchev–Trinajstić information content (AvgIpc) is 2.37. The van der Waals surface area contributed by atoms with Crippen LogP contribution < -0.4 is 0 Å². The summed E-state index contributed by atoms with van der Waals surface area (Å²) in [5.74, 6) is -0.958. The number of hydrogen-bond acceptors (Lipinski definition) is 1. The van der Waals surface area contributed by atoms with E-state index in [1.54, 1.807) is 0 Å². The molecule has 15 heavy (non-hydrogen) atoms. The molecule has 0 saturated heterocycles. The summed E-state index contributed by atoms with van der Waals surface area (Å²) in [5.41, 5.74) is 0.472. The number of aliphatic hydroxyl groups is 1. The first-order valence-electron chi connectivity index (χ1n) is 4.95. The van der Waals surface area contributed by atoms with Crippen LogP contribution in [0.5, 0.6) is 0 Å². The van der Waals surface area contributed by atoms with Crippen LogP contribution in [-0.4, -0.2) is 5.11 Å². The maximum absolute atomic E-state index is 13.7. The maximum Gasteiger partial charge on any atom is 0.143 e. The highest BCUT2D eigenvalue weighted by Gasteiger charge is 2.24. The largest absolute Gasteiger partial charge is 0.388 e. The Balaban J connectivity index is 2.63. The Morgan fingerprint density at radius 2 is 2.07 bits per heavy atom. The van der Waals surface area contributed by atoms with Crippen LogP contribution in [0.4, 0.5) is 8.78 Å². The first-order chi connectivity index (χ1) is 7.11. The third-order valence-electron chi connectivity index (χ3n) is 2.80. The highest BCUT2D eigenvalue weighted by Crippen LogP contribution is 2.35. The minimum absolute atomic E-state index is 0.0831. The lowest BCUT2D eigenvalue weighted by Crippen LogP contribution is -2.05. The number of fused-ring (bicyclic) bond motifs is 1. The molecule has 0 bridgehead atoms. The van der Waals surface area contributed by atoms with Gasteiger partial charge in [0.2, 0.25) is 0 Å². The van der Waals surface area contributed by atoms with Crippen LogP contribution in [0.25, 0.3) is 0 Å². The predicted octanol–water partition coefficient (Wildman–Crippen LogP) is 3.49. The quantitative estimate of drug-likeness (QED) is 0.568. The molecule has 1 unspecified atom stereocenters. The number of benzene rings is 1. The molecule has 1 aliphatic rings. The van der Waals surface area contributed by atoms with Crippen LogP contribution in [0, 0.1) is 11.6 Å². The first-order valence-corrected chi connectivity index (χ1v) is 5.75. The second-order valence-electron chi connectivity index (χ2n) is 3.81. The van der Waals surface area contributed by atoms with Crippen LogP contribution >= 0.6 is 15.9 Å². The van der Waals surface area contributed by atoms with Crippen molar-refractivity contribution < 1.29 is 13.9 Å². The fourth-order valence-electron chi connectivity index (χ4n) is 2.04. The molecule has 1 atom stereocenters. The normalized spacial score (nSPS) is 20.9. The molecule has 0 fully saturated rings. The molecule has 4 heteroatoms. The summed E-state index contributed by atoms with van der Waals surface area (Å²) >= 11 is 2.95. The van der Waals surface area contributed by atoms with Gasteiger partial charge in [-0.15, -0.1) is 0 Å². The Hall–Kier alpha value is -0.480. The van der Waals surface area contributed by atoms with Gasteiger partial charge in [-0.05, 0) is 46.8 Å². The summed E-state index contributed by atoms with van der Waals surface area (Å²) in [7, 11) is 0. The Morgan fingerprint density at radius 1 is 1.33 bits per heavy atom. The Kier molecular flexibility index (Phi) is 3.07. The smallest absolute Gasteiger partial charge is 0.143 e. The van der Waals surface area contributed by atoms with Gasteiger partial charge in [-0.25, -0.2) is 8.78 Å². The predicted molar refractivity (Wildman–Crippen MR) is 56.6 cm³/mol.